The summed E-state index contributed by atoms with van der Waals surface area (Å²) in [4.78, 5) is 15.9. The van der Waals surface area contributed by atoms with Crippen LogP contribution in [0.4, 0.5) is 0 Å². The van der Waals surface area contributed by atoms with Gasteiger partial charge >= 0.3 is 0 Å². The van der Waals surface area contributed by atoms with Crippen molar-refractivity contribution in [3.05, 3.63) is 30.1 Å². The first-order valence-corrected chi connectivity index (χ1v) is 5.77. The van der Waals surface area contributed by atoms with Crippen molar-refractivity contribution in [1.29, 1.82) is 0 Å². The van der Waals surface area contributed by atoms with Crippen LogP contribution in [-0.2, 0) is 11.3 Å². The Morgan fingerprint density at radius 2 is 2.25 bits per heavy atom. The monoisotopic (exact) mass is 258 g/mol. The number of hydrogen-bond donors (Lipinski definition) is 1. The largest absolute Gasteiger partial charge is 0.350 e. The second kappa shape index (κ2) is 3.90. The van der Waals surface area contributed by atoms with E-state index in [-0.39, 0.29) is 5.91 Å². The minimum absolute atomic E-state index is 0.122. The SMILES string of the molecule is CC1(C(=O)NCc2ccccn2)CC1(Cl)Cl. The molecule has 0 radical (unpaired) electrons. The summed E-state index contributed by atoms with van der Waals surface area (Å²) in [6.45, 7) is 2.17. The average Bonchev–Trinajstić information content (AvgIpc) is 2.78. The van der Waals surface area contributed by atoms with Crippen LogP contribution < -0.4 is 5.32 Å². The number of pyridine rings is 1. The number of nitrogens with one attached hydrogen (secondary N) is 1. The molecule has 1 saturated carbocycles. The third kappa shape index (κ3) is 2.02. The number of alkyl halides is 2. The zero-order valence-electron chi connectivity index (χ0n) is 8.84. The van der Waals surface area contributed by atoms with Crippen LogP contribution in [0.15, 0.2) is 24.4 Å². The van der Waals surface area contributed by atoms with E-state index in [0.29, 0.717) is 13.0 Å². The van der Waals surface area contributed by atoms with Gasteiger partial charge in [-0.15, -0.1) is 23.2 Å². The van der Waals surface area contributed by atoms with E-state index >= 15 is 0 Å². The van der Waals surface area contributed by atoms with Crippen molar-refractivity contribution in [3.8, 4) is 0 Å². The van der Waals surface area contributed by atoms with Crippen LogP contribution in [0.3, 0.4) is 0 Å². The van der Waals surface area contributed by atoms with Crippen molar-refractivity contribution in [1.82, 2.24) is 10.3 Å². The van der Waals surface area contributed by atoms with E-state index in [9.17, 15) is 4.79 Å². The van der Waals surface area contributed by atoms with Gasteiger partial charge in [-0.2, -0.15) is 0 Å². The minimum Gasteiger partial charge on any atom is -0.350 e. The zero-order valence-corrected chi connectivity index (χ0v) is 10.3. The molecule has 16 heavy (non-hydrogen) atoms. The van der Waals surface area contributed by atoms with Gasteiger partial charge < -0.3 is 5.32 Å². The molecule has 5 heteroatoms. The van der Waals surface area contributed by atoms with Crippen molar-refractivity contribution in [2.45, 2.75) is 24.2 Å². The lowest BCUT2D eigenvalue weighted by Crippen LogP contribution is -2.33. The minimum atomic E-state index is -0.915. The predicted molar refractivity (Wildman–Crippen MR) is 63.2 cm³/mol. The first-order valence-electron chi connectivity index (χ1n) is 5.02. The Kier molecular flexibility index (Phi) is 2.84. The van der Waals surface area contributed by atoms with Crippen molar-refractivity contribution >= 4 is 29.1 Å². The molecule has 1 aliphatic rings. The maximum Gasteiger partial charge on any atom is 0.229 e. The second-order valence-corrected chi connectivity index (χ2v) is 5.70. The number of halogens is 2. The molecular formula is C11H12Cl2N2O. The number of aromatic nitrogens is 1. The number of nitrogens with zero attached hydrogens (tertiary/aromatic N) is 1. The average molecular weight is 259 g/mol. The molecule has 3 nitrogen and oxygen atoms in total. The van der Waals surface area contributed by atoms with E-state index in [1.165, 1.54) is 0 Å². The first kappa shape index (κ1) is 11.7. The highest BCUT2D eigenvalue weighted by Gasteiger charge is 2.67. The second-order valence-electron chi connectivity index (χ2n) is 4.22. The van der Waals surface area contributed by atoms with Crippen LogP contribution in [0.25, 0.3) is 0 Å². The summed E-state index contributed by atoms with van der Waals surface area (Å²) in [5.74, 6) is -0.122. The van der Waals surface area contributed by atoms with Gasteiger partial charge in [0.2, 0.25) is 5.91 Å². The topological polar surface area (TPSA) is 42.0 Å². The number of carbonyl (C=O) groups excluding carboxylic acids is 1. The lowest BCUT2D eigenvalue weighted by atomic mass is 10.1. The molecule has 1 heterocycles. The summed E-state index contributed by atoms with van der Waals surface area (Å²) in [6, 6.07) is 5.56. The van der Waals surface area contributed by atoms with Gasteiger partial charge in [0.05, 0.1) is 17.7 Å². The van der Waals surface area contributed by atoms with Crippen molar-refractivity contribution < 1.29 is 4.79 Å². The molecule has 0 aromatic carbocycles. The Hall–Kier alpha value is -0.800. The molecular weight excluding hydrogens is 247 g/mol. The standard InChI is InChI=1S/C11H12Cl2N2O/c1-10(7-11(10,12)13)9(16)15-6-8-4-2-3-5-14-8/h2-5H,6-7H2,1H3,(H,15,16). The van der Waals surface area contributed by atoms with Crippen LogP contribution in [0.5, 0.6) is 0 Å². The van der Waals surface area contributed by atoms with Crippen LogP contribution in [0, 0.1) is 5.41 Å². The van der Waals surface area contributed by atoms with Crippen LogP contribution in [-0.4, -0.2) is 15.2 Å². The lowest BCUT2D eigenvalue weighted by Gasteiger charge is -2.12. The lowest BCUT2D eigenvalue weighted by molar-refractivity contribution is -0.125. The quantitative estimate of drug-likeness (QED) is 0.846. The highest BCUT2D eigenvalue weighted by atomic mass is 35.5. The zero-order chi connectivity index (χ0) is 11.8. The fraction of sp³-hybridized carbons (Fsp3) is 0.455. The molecule has 1 atom stereocenters. The fourth-order valence-electron chi connectivity index (χ4n) is 1.51. The Morgan fingerprint density at radius 3 is 2.75 bits per heavy atom. The molecule has 1 N–H and O–H groups in total. The highest BCUT2D eigenvalue weighted by Crippen LogP contribution is 2.63. The van der Waals surface area contributed by atoms with Crippen LogP contribution in [0.2, 0.25) is 0 Å². The Labute approximate surface area is 104 Å². The number of hydrogen-bond acceptors (Lipinski definition) is 2. The summed E-state index contributed by atoms with van der Waals surface area (Å²) < 4.78 is -0.915. The summed E-state index contributed by atoms with van der Waals surface area (Å²) >= 11 is 11.8. The molecule has 0 spiro atoms. The Balaban J connectivity index is 1.91. The molecule has 86 valence electrons. The Bertz CT molecular complexity index is 408. The van der Waals surface area contributed by atoms with Crippen LogP contribution in [0.1, 0.15) is 19.0 Å². The van der Waals surface area contributed by atoms with Crippen molar-refractivity contribution in [2.75, 3.05) is 0 Å². The van der Waals surface area contributed by atoms with E-state index < -0.39 is 9.75 Å². The third-order valence-corrected chi connectivity index (χ3v) is 4.02. The van der Waals surface area contributed by atoms with E-state index in [1.807, 2.05) is 18.2 Å². The van der Waals surface area contributed by atoms with Gasteiger partial charge in [-0.3, -0.25) is 9.78 Å². The van der Waals surface area contributed by atoms with Gasteiger partial charge in [0, 0.05) is 6.20 Å². The summed E-state index contributed by atoms with van der Waals surface area (Å²) in [7, 11) is 0. The van der Waals surface area contributed by atoms with Crippen LogP contribution >= 0.6 is 23.2 Å². The summed E-state index contributed by atoms with van der Waals surface area (Å²) in [5, 5.41) is 2.79. The highest BCUT2D eigenvalue weighted by molar-refractivity contribution is 6.53. The smallest absolute Gasteiger partial charge is 0.229 e. The summed E-state index contributed by atoms with van der Waals surface area (Å²) in [6.07, 6.45) is 2.19. The molecule has 0 saturated heterocycles. The molecule has 1 unspecified atom stereocenters. The van der Waals surface area contributed by atoms with Gasteiger partial charge in [0.1, 0.15) is 4.33 Å². The molecule has 1 aromatic heterocycles. The molecule has 1 aliphatic carbocycles. The molecule has 2 rings (SSSR count). The molecule has 0 bridgehead atoms. The van der Waals surface area contributed by atoms with Gasteiger partial charge in [-0.25, -0.2) is 0 Å². The number of carbonyl (C=O) groups is 1. The predicted octanol–water partition coefficient (Wildman–Crippen LogP) is 2.28. The van der Waals surface area contributed by atoms with Gasteiger partial charge in [-0.05, 0) is 25.5 Å². The summed E-state index contributed by atoms with van der Waals surface area (Å²) in [5.41, 5.74) is 0.153. The number of rotatable bonds is 3. The molecule has 1 aromatic rings. The molecule has 0 aliphatic heterocycles. The van der Waals surface area contributed by atoms with E-state index in [0.717, 1.165) is 5.69 Å². The number of amides is 1. The maximum atomic E-state index is 11.8. The van der Waals surface area contributed by atoms with E-state index in [1.54, 1.807) is 13.1 Å². The Morgan fingerprint density at radius 1 is 1.56 bits per heavy atom. The van der Waals surface area contributed by atoms with Gasteiger partial charge in [-0.1, -0.05) is 6.07 Å². The third-order valence-electron chi connectivity index (χ3n) is 2.92. The fourth-order valence-corrected chi connectivity index (χ4v) is 2.22. The van der Waals surface area contributed by atoms with Gasteiger partial charge in [0.25, 0.3) is 0 Å². The van der Waals surface area contributed by atoms with Gasteiger partial charge in [0.15, 0.2) is 0 Å². The van der Waals surface area contributed by atoms with Crippen molar-refractivity contribution in [2.24, 2.45) is 5.41 Å². The van der Waals surface area contributed by atoms with E-state index in [4.69, 9.17) is 23.2 Å². The normalized spacial score (nSPS) is 26.2. The maximum absolute atomic E-state index is 11.8. The van der Waals surface area contributed by atoms with Crippen molar-refractivity contribution in [3.63, 3.8) is 0 Å². The van der Waals surface area contributed by atoms with E-state index in [2.05, 4.69) is 10.3 Å². The first-order chi connectivity index (χ1) is 7.46. The molecule has 1 amide bonds. The molecule has 1 fully saturated rings.